The van der Waals surface area contributed by atoms with E-state index in [1.165, 1.54) is 0 Å². The summed E-state index contributed by atoms with van der Waals surface area (Å²) in [7, 11) is 0. The van der Waals surface area contributed by atoms with Crippen LogP contribution in [0.25, 0.3) is 0 Å². The Labute approximate surface area is 75.8 Å². The lowest BCUT2D eigenvalue weighted by Gasteiger charge is -1.94. The van der Waals surface area contributed by atoms with E-state index in [0.717, 1.165) is 6.42 Å². The van der Waals surface area contributed by atoms with Gasteiger partial charge in [0.2, 0.25) is 0 Å². The number of guanidine groups is 1. The Morgan fingerprint density at radius 3 is 2.85 bits per heavy atom. The molecule has 0 spiro atoms. The van der Waals surface area contributed by atoms with Crippen molar-refractivity contribution in [2.24, 2.45) is 21.9 Å². The van der Waals surface area contributed by atoms with Crippen LogP contribution in [0.2, 0.25) is 0 Å². The maximum Gasteiger partial charge on any atom is 0.275 e. The van der Waals surface area contributed by atoms with Crippen LogP contribution in [-0.4, -0.2) is 17.2 Å². The van der Waals surface area contributed by atoms with Crippen molar-refractivity contribution in [1.82, 2.24) is 5.43 Å². The summed E-state index contributed by atoms with van der Waals surface area (Å²) in [5.74, 6) is 0.147. The minimum Gasteiger partial charge on any atom is -0.364 e. The SMILES string of the molecule is CC(C)C/C=N/N=C(\N)N[N+](=O)[O-]. The largest absolute Gasteiger partial charge is 0.364 e. The van der Waals surface area contributed by atoms with E-state index in [1.807, 2.05) is 13.8 Å². The highest BCUT2D eigenvalue weighted by Crippen LogP contribution is 1.94. The third kappa shape index (κ3) is 8.24. The first kappa shape index (κ1) is 11.3. The summed E-state index contributed by atoms with van der Waals surface area (Å²) in [6.45, 7) is 4.04. The fourth-order valence-electron chi connectivity index (χ4n) is 0.477. The average molecular weight is 187 g/mol. The number of hydrazine groups is 1. The van der Waals surface area contributed by atoms with Crippen molar-refractivity contribution < 1.29 is 5.03 Å². The third-order valence-corrected chi connectivity index (χ3v) is 1.03. The standard InChI is InChI=1S/C6H13N5O2/c1-5(2)3-4-8-9-6(7)10-11(12)13/h4-5H,3H2,1-2H3,(H3,7,9,10)/b8-4+. The van der Waals surface area contributed by atoms with Gasteiger partial charge in [-0.2, -0.15) is 5.10 Å². The number of nitrogens with zero attached hydrogens (tertiary/aromatic N) is 3. The van der Waals surface area contributed by atoms with Gasteiger partial charge in [-0.3, -0.25) is 0 Å². The Morgan fingerprint density at radius 1 is 1.77 bits per heavy atom. The van der Waals surface area contributed by atoms with Crippen LogP contribution in [0.3, 0.4) is 0 Å². The zero-order valence-corrected chi connectivity index (χ0v) is 7.60. The molecule has 0 aromatic rings. The quantitative estimate of drug-likeness (QED) is 0.282. The molecule has 0 fully saturated rings. The van der Waals surface area contributed by atoms with Crippen molar-refractivity contribution >= 4 is 12.2 Å². The van der Waals surface area contributed by atoms with Crippen molar-refractivity contribution in [2.75, 3.05) is 0 Å². The van der Waals surface area contributed by atoms with Crippen molar-refractivity contribution in [2.45, 2.75) is 20.3 Å². The lowest BCUT2D eigenvalue weighted by atomic mass is 10.2. The first-order chi connectivity index (χ1) is 6.02. The second-order valence-electron chi connectivity index (χ2n) is 2.78. The van der Waals surface area contributed by atoms with Crippen LogP contribution in [0.4, 0.5) is 0 Å². The molecule has 3 N–H and O–H groups in total. The van der Waals surface area contributed by atoms with Gasteiger partial charge in [-0.15, -0.1) is 5.10 Å². The minimum atomic E-state index is -0.795. The molecule has 0 bridgehead atoms. The minimum absolute atomic E-state index is 0.329. The van der Waals surface area contributed by atoms with Gasteiger partial charge in [0.05, 0.1) is 0 Å². The van der Waals surface area contributed by atoms with E-state index in [4.69, 9.17) is 5.73 Å². The summed E-state index contributed by atoms with van der Waals surface area (Å²) < 4.78 is 0. The third-order valence-electron chi connectivity index (χ3n) is 1.03. The Balaban J connectivity index is 3.82. The summed E-state index contributed by atoms with van der Waals surface area (Å²) >= 11 is 0. The number of hydrogen-bond donors (Lipinski definition) is 2. The molecular weight excluding hydrogens is 174 g/mol. The number of nitrogens with one attached hydrogen (secondary N) is 1. The molecule has 0 saturated heterocycles. The Hall–Kier alpha value is -1.66. The van der Waals surface area contributed by atoms with E-state index in [-0.39, 0.29) is 5.96 Å². The second-order valence-corrected chi connectivity index (χ2v) is 2.78. The molecule has 0 aliphatic rings. The van der Waals surface area contributed by atoms with Gasteiger partial charge in [0.25, 0.3) is 5.96 Å². The van der Waals surface area contributed by atoms with Crippen LogP contribution >= 0.6 is 0 Å². The van der Waals surface area contributed by atoms with Crippen LogP contribution < -0.4 is 11.2 Å². The van der Waals surface area contributed by atoms with Crippen LogP contribution in [0, 0.1) is 16.0 Å². The monoisotopic (exact) mass is 187 g/mol. The second kappa shape index (κ2) is 5.92. The van der Waals surface area contributed by atoms with Crippen LogP contribution in [0.5, 0.6) is 0 Å². The van der Waals surface area contributed by atoms with E-state index < -0.39 is 5.03 Å². The van der Waals surface area contributed by atoms with E-state index >= 15 is 0 Å². The molecule has 0 aromatic carbocycles. The van der Waals surface area contributed by atoms with Crippen molar-refractivity contribution in [1.29, 1.82) is 0 Å². The van der Waals surface area contributed by atoms with Crippen LogP contribution in [0.1, 0.15) is 20.3 Å². The van der Waals surface area contributed by atoms with Gasteiger partial charge in [0.15, 0.2) is 5.03 Å². The van der Waals surface area contributed by atoms with Gasteiger partial charge < -0.3 is 5.73 Å². The summed E-state index contributed by atoms with van der Waals surface area (Å²) in [6.07, 6.45) is 2.31. The van der Waals surface area contributed by atoms with Gasteiger partial charge in [-0.25, -0.2) is 10.1 Å². The Bertz CT molecular complexity index is 223. The fraction of sp³-hybridized carbons (Fsp3) is 0.667. The molecule has 0 aliphatic carbocycles. The van der Waals surface area contributed by atoms with Crippen molar-refractivity contribution in [3.05, 3.63) is 10.1 Å². The molecule has 7 nitrogen and oxygen atoms in total. The first-order valence-corrected chi connectivity index (χ1v) is 3.78. The molecule has 0 aliphatic heterocycles. The highest BCUT2D eigenvalue weighted by Gasteiger charge is 1.96. The number of nitro groups is 1. The van der Waals surface area contributed by atoms with Gasteiger partial charge in [-0.05, 0) is 12.3 Å². The lowest BCUT2D eigenvalue weighted by Crippen LogP contribution is -2.35. The molecule has 0 aromatic heterocycles. The molecule has 0 atom stereocenters. The van der Waals surface area contributed by atoms with Crippen LogP contribution in [-0.2, 0) is 0 Å². The van der Waals surface area contributed by atoms with E-state index in [1.54, 1.807) is 11.6 Å². The van der Waals surface area contributed by atoms with Crippen LogP contribution in [0.15, 0.2) is 10.2 Å². The molecule has 0 radical (unpaired) electrons. The molecule has 0 saturated carbocycles. The van der Waals surface area contributed by atoms with Gasteiger partial charge in [0, 0.05) is 6.21 Å². The Kier molecular flexibility index (Phi) is 5.17. The number of hydrogen-bond acceptors (Lipinski definition) is 4. The van der Waals surface area contributed by atoms with Gasteiger partial charge >= 0.3 is 0 Å². The molecule has 0 amide bonds. The number of rotatable bonds is 4. The van der Waals surface area contributed by atoms with Gasteiger partial charge in [0.1, 0.15) is 0 Å². The molecule has 0 unspecified atom stereocenters. The molecule has 13 heavy (non-hydrogen) atoms. The lowest BCUT2D eigenvalue weighted by molar-refractivity contribution is -0.525. The highest BCUT2D eigenvalue weighted by atomic mass is 16.7. The van der Waals surface area contributed by atoms with Gasteiger partial charge in [-0.1, -0.05) is 19.3 Å². The smallest absolute Gasteiger partial charge is 0.275 e. The van der Waals surface area contributed by atoms with E-state index in [2.05, 4.69) is 10.2 Å². The molecule has 0 heterocycles. The summed E-state index contributed by atoms with van der Waals surface area (Å²) in [6, 6.07) is 0. The first-order valence-electron chi connectivity index (χ1n) is 3.78. The zero-order chi connectivity index (χ0) is 10.3. The highest BCUT2D eigenvalue weighted by molar-refractivity contribution is 5.76. The zero-order valence-electron chi connectivity index (χ0n) is 7.60. The molecule has 0 rings (SSSR count). The summed E-state index contributed by atoms with van der Waals surface area (Å²) in [4.78, 5) is 9.83. The molecule has 74 valence electrons. The topological polar surface area (TPSA) is 106 Å². The Morgan fingerprint density at radius 2 is 2.38 bits per heavy atom. The predicted octanol–water partition coefficient (Wildman–Crippen LogP) is 0.114. The average Bonchev–Trinajstić information content (AvgIpc) is 1.96. The van der Waals surface area contributed by atoms with E-state index in [0.29, 0.717) is 5.92 Å². The maximum absolute atomic E-state index is 9.83. The molecular formula is C6H13N5O2. The predicted molar refractivity (Wildman–Crippen MR) is 49.7 cm³/mol. The van der Waals surface area contributed by atoms with Crippen molar-refractivity contribution in [3.8, 4) is 0 Å². The maximum atomic E-state index is 9.83. The normalized spacial score (nSPS) is 12.4. The van der Waals surface area contributed by atoms with Crippen molar-refractivity contribution in [3.63, 3.8) is 0 Å². The fourth-order valence-corrected chi connectivity index (χ4v) is 0.477. The molecule has 7 heteroatoms. The summed E-state index contributed by atoms with van der Waals surface area (Å²) in [5.41, 5.74) is 6.74. The summed E-state index contributed by atoms with van der Waals surface area (Å²) in [5, 5.41) is 15.9. The number of nitrogens with two attached hydrogens (primary N) is 1. The van der Waals surface area contributed by atoms with E-state index in [9.17, 15) is 10.1 Å².